The van der Waals surface area contributed by atoms with Crippen LogP contribution in [0.5, 0.6) is 0 Å². The highest BCUT2D eigenvalue weighted by molar-refractivity contribution is 9.10. The van der Waals surface area contributed by atoms with Crippen LogP contribution >= 0.6 is 15.9 Å². The Morgan fingerprint density at radius 1 is 1.00 bits per heavy atom. The average Bonchev–Trinajstić information content (AvgIpc) is 2.15. The lowest BCUT2D eigenvalue weighted by Crippen LogP contribution is -1.93. The highest BCUT2D eigenvalue weighted by atomic mass is 79.9. The van der Waals surface area contributed by atoms with E-state index in [0.29, 0.717) is 0 Å². The predicted octanol–water partition coefficient (Wildman–Crippen LogP) is 2.77. The van der Waals surface area contributed by atoms with Gasteiger partial charge < -0.3 is 11.5 Å². The lowest BCUT2D eigenvalue weighted by Gasteiger charge is -2.06. The van der Waals surface area contributed by atoms with Crippen LogP contribution in [0.15, 0.2) is 34.8 Å². The Labute approximate surface area is 84.7 Å². The summed E-state index contributed by atoms with van der Waals surface area (Å²) in [5, 5.41) is 2.00. The van der Waals surface area contributed by atoms with Crippen LogP contribution in [-0.2, 0) is 0 Å². The topological polar surface area (TPSA) is 52.0 Å². The lowest BCUT2D eigenvalue weighted by atomic mass is 10.1. The minimum Gasteiger partial charge on any atom is -0.398 e. The molecule has 3 heteroatoms. The molecule has 2 rings (SSSR count). The van der Waals surface area contributed by atoms with E-state index in [2.05, 4.69) is 15.9 Å². The third-order valence-corrected chi connectivity index (χ3v) is 2.72. The van der Waals surface area contributed by atoms with Gasteiger partial charge in [-0.05, 0) is 22.0 Å². The lowest BCUT2D eigenvalue weighted by molar-refractivity contribution is 1.67. The van der Waals surface area contributed by atoms with E-state index in [1.807, 2.05) is 30.3 Å². The first kappa shape index (κ1) is 8.38. The third-order valence-electron chi connectivity index (χ3n) is 2.07. The molecular weight excluding hydrogens is 228 g/mol. The fraction of sp³-hybridized carbons (Fsp3) is 0. The number of rotatable bonds is 0. The molecule has 0 heterocycles. The quantitative estimate of drug-likeness (QED) is 0.692. The molecule has 4 N–H and O–H groups in total. The van der Waals surface area contributed by atoms with Crippen molar-refractivity contribution in [2.24, 2.45) is 0 Å². The van der Waals surface area contributed by atoms with Gasteiger partial charge >= 0.3 is 0 Å². The fourth-order valence-electron chi connectivity index (χ4n) is 1.39. The van der Waals surface area contributed by atoms with Gasteiger partial charge in [0.2, 0.25) is 0 Å². The van der Waals surface area contributed by atoms with Crippen molar-refractivity contribution in [3.8, 4) is 0 Å². The summed E-state index contributed by atoms with van der Waals surface area (Å²) in [7, 11) is 0. The second-order valence-electron chi connectivity index (χ2n) is 2.91. The zero-order valence-electron chi connectivity index (χ0n) is 6.92. The van der Waals surface area contributed by atoms with Crippen molar-refractivity contribution >= 4 is 38.1 Å². The van der Waals surface area contributed by atoms with Gasteiger partial charge in [0.05, 0.1) is 5.69 Å². The van der Waals surface area contributed by atoms with Crippen LogP contribution in [0.1, 0.15) is 0 Å². The summed E-state index contributed by atoms with van der Waals surface area (Å²) in [5.74, 6) is 0. The van der Waals surface area contributed by atoms with Crippen LogP contribution in [0.2, 0.25) is 0 Å². The molecule has 0 saturated heterocycles. The highest BCUT2D eigenvalue weighted by Gasteiger charge is 2.04. The number of hydrogen-bond donors (Lipinski definition) is 2. The van der Waals surface area contributed by atoms with E-state index in [1.165, 1.54) is 0 Å². The van der Waals surface area contributed by atoms with E-state index in [4.69, 9.17) is 11.5 Å². The van der Waals surface area contributed by atoms with E-state index >= 15 is 0 Å². The van der Waals surface area contributed by atoms with Crippen molar-refractivity contribution in [2.75, 3.05) is 11.5 Å². The Morgan fingerprint density at radius 2 is 1.62 bits per heavy atom. The van der Waals surface area contributed by atoms with Crippen molar-refractivity contribution in [1.82, 2.24) is 0 Å². The standard InChI is InChI=1S/C10H9BrN2/c11-8-5-9(12)6-3-1-2-4-7(6)10(8)13/h1-5H,12-13H2. The SMILES string of the molecule is Nc1cc(Br)c(N)c2ccccc12. The Morgan fingerprint density at radius 3 is 2.31 bits per heavy atom. The van der Waals surface area contributed by atoms with Crippen LogP contribution in [0.4, 0.5) is 11.4 Å². The Hall–Kier alpha value is -1.22. The summed E-state index contributed by atoms with van der Waals surface area (Å²) in [6.45, 7) is 0. The van der Waals surface area contributed by atoms with Gasteiger partial charge in [-0.15, -0.1) is 0 Å². The molecule has 0 aliphatic rings. The van der Waals surface area contributed by atoms with Gasteiger partial charge in [-0.1, -0.05) is 24.3 Å². The zero-order chi connectivity index (χ0) is 9.42. The Kier molecular flexibility index (Phi) is 1.88. The molecule has 2 aromatic rings. The molecular formula is C10H9BrN2. The van der Waals surface area contributed by atoms with Crippen LogP contribution in [0.3, 0.4) is 0 Å². The van der Waals surface area contributed by atoms with E-state index in [-0.39, 0.29) is 0 Å². The molecule has 2 nitrogen and oxygen atoms in total. The average molecular weight is 237 g/mol. The summed E-state index contributed by atoms with van der Waals surface area (Å²) in [6, 6.07) is 9.66. The first-order chi connectivity index (χ1) is 6.20. The molecule has 0 aromatic heterocycles. The largest absolute Gasteiger partial charge is 0.398 e. The summed E-state index contributed by atoms with van der Waals surface area (Å²) < 4.78 is 0.851. The molecule has 66 valence electrons. The third kappa shape index (κ3) is 1.25. The number of benzene rings is 2. The summed E-state index contributed by atoms with van der Waals surface area (Å²) >= 11 is 3.36. The second kappa shape index (κ2) is 2.92. The number of halogens is 1. The number of anilines is 2. The van der Waals surface area contributed by atoms with Crippen LogP contribution in [0.25, 0.3) is 10.8 Å². The van der Waals surface area contributed by atoms with Gasteiger partial charge in [0, 0.05) is 20.9 Å². The van der Waals surface area contributed by atoms with Crippen molar-refractivity contribution < 1.29 is 0 Å². The molecule has 0 fully saturated rings. The van der Waals surface area contributed by atoms with Gasteiger partial charge in [-0.3, -0.25) is 0 Å². The highest BCUT2D eigenvalue weighted by Crippen LogP contribution is 2.32. The number of fused-ring (bicyclic) bond motifs is 1. The molecule has 0 atom stereocenters. The number of nitrogens with two attached hydrogens (primary N) is 2. The van der Waals surface area contributed by atoms with Crippen LogP contribution in [-0.4, -0.2) is 0 Å². The van der Waals surface area contributed by atoms with E-state index < -0.39 is 0 Å². The summed E-state index contributed by atoms with van der Waals surface area (Å²) in [6.07, 6.45) is 0. The van der Waals surface area contributed by atoms with Gasteiger partial charge in [-0.2, -0.15) is 0 Å². The molecule has 0 bridgehead atoms. The maximum atomic E-state index is 5.88. The Balaban J connectivity index is 2.97. The summed E-state index contributed by atoms with van der Waals surface area (Å²) in [4.78, 5) is 0. The normalized spacial score (nSPS) is 10.5. The zero-order valence-corrected chi connectivity index (χ0v) is 8.51. The van der Waals surface area contributed by atoms with E-state index in [9.17, 15) is 0 Å². The van der Waals surface area contributed by atoms with Crippen molar-refractivity contribution in [3.63, 3.8) is 0 Å². The number of hydrogen-bond acceptors (Lipinski definition) is 2. The minimum atomic E-state index is 0.741. The van der Waals surface area contributed by atoms with Crippen molar-refractivity contribution in [2.45, 2.75) is 0 Å². The molecule has 0 saturated carbocycles. The smallest absolute Gasteiger partial charge is 0.0539 e. The minimum absolute atomic E-state index is 0.741. The van der Waals surface area contributed by atoms with Crippen LogP contribution in [0, 0.1) is 0 Å². The molecule has 2 aromatic carbocycles. The predicted molar refractivity (Wildman–Crippen MR) is 60.5 cm³/mol. The molecule has 0 amide bonds. The van der Waals surface area contributed by atoms with Gasteiger partial charge in [0.1, 0.15) is 0 Å². The van der Waals surface area contributed by atoms with Crippen molar-refractivity contribution in [3.05, 3.63) is 34.8 Å². The fourth-order valence-corrected chi connectivity index (χ4v) is 1.85. The number of nitrogen functional groups attached to an aromatic ring is 2. The molecule has 0 spiro atoms. The maximum Gasteiger partial charge on any atom is 0.0539 e. The molecule has 13 heavy (non-hydrogen) atoms. The molecule has 0 aliphatic carbocycles. The summed E-state index contributed by atoms with van der Waals surface area (Å²) in [5.41, 5.74) is 13.2. The Bertz CT molecular complexity index is 466. The molecule has 0 unspecified atom stereocenters. The molecule has 0 aliphatic heterocycles. The van der Waals surface area contributed by atoms with Crippen LogP contribution < -0.4 is 11.5 Å². The van der Waals surface area contributed by atoms with Gasteiger partial charge in [0.25, 0.3) is 0 Å². The van der Waals surface area contributed by atoms with Gasteiger partial charge in [0.15, 0.2) is 0 Å². The molecule has 0 radical (unpaired) electrons. The van der Waals surface area contributed by atoms with Crippen molar-refractivity contribution in [1.29, 1.82) is 0 Å². The first-order valence-corrected chi connectivity index (χ1v) is 4.71. The first-order valence-electron chi connectivity index (χ1n) is 3.92. The second-order valence-corrected chi connectivity index (χ2v) is 3.76. The van der Waals surface area contributed by atoms with E-state index in [1.54, 1.807) is 0 Å². The van der Waals surface area contributed by atoms with E-state index in [0.717, 1.165) is 26.6 Å². The maximum absolute atomic E-state index is 5.88. The van der Waals surface area contributed by atoms with Gasteiger partial charge in [-0.25, -0.2) is 0 Å². The monoisotopic (exact) mass is 236 g/mol.